The van der Waals surface area contributed by atoms with Gasteiger partial charge in [-0.1, -0.05) is 19.1 Å². The van der Waals surface area contributed by atoms with Gasteiger partial charge in [-0.05, 0) is 74.6 Å². The van der Waals surface area contributed by atoms with Crippen molar-refractivity contribution in [1.29, 1.82) is 0 Å². The third-order valence-electron chi connectivity index (χ3n) is 5.32. The molecule has 1 fully saturated rings. The van der Waals surface area contributed by atoms with Crippen LogP contribution in [0.1, 0.15) is 53.0 Å². The highest BCUT2D eigenvalue weighted by molar-refractivity contribution is 6.06. The molecule has 4 nitrogen and oxygen atoms in total. The Kier molecular flexibility index (Phi) is 5.94. The van der Waals surface area contributed by atoms with E-state index in [9.17, 15) is 9.59 Å². The van der Waals surface area contributed by atoms with Gasteiger partial charge in [-0.25, -0.2) is 0 Å². The molecule has 0 atom stereocenters. The van der Waals surface area contributed by atoms with Crippen molar-refractivity contribution in [3.8, 4) is 0 Å². The van der Waals surface area contributed by atoms with E-state index < -0.39 is 0 Å². The predicted molar refractivity (Wildman–Crippen MR) is 109 cm³/mol. The fourth-order valence-electron chi connectivity index (χ4n) is 3.54. The third kappa shape index (κ3) is 4.38. The molecule has 0 bridgehead atoms. The van der Waals surface area contributed by atoms with Crippen LogP contribution in [0.3, 0.4) is 0 Å². The second kappa shape index (κ2) is 8.38. The van der Waals surface area contributed by atoms with Gasteiger partial charge in [0.2, 0.25) is 0 Å². The van der Waals surface area contributed by atoms with E-state index in [1.807, 2.05) is 43.0 Å². The van der Waals surface area contributed by atoms with Crippen molar-refractivity contribution in [3.63, 3.8) is 0 Å². The summed E-state index contributed by atoms with van der Waals surface area (Å²) in [6.07, 6.45) is 2.12. The van der Waals surface area contributed by atoms with Gasteiger partial charge in [0.15, 0.2) is 0 Å². The van der Waals surface area contributed by atoms with Crippen LogP contribution in [0.4, 0.5) is 5.69 Å². The zero-order chi connectivity index (χ0) is 19.4. The van der Waals surface area contributed by atoms with Crippen LogP contribution in [0.5, 0.6) is 0 Å². The summed E-state index contributed by atoms with van der Waals surface area (Å²) < 4.78 is 0. The van der Waals surface area contributed by atoms with E-state index in [0.717, 1.165) is 37.2 Å². The van der Waals surface area contributed by atoms with E-state index in [4.69, 9.17) is 0 Å². The van der Waals surface area contributed by atoms with Crippen molar-refractivity contribution < 1.29 is 9.59 Å². The number of anilines is 1. The van der Waals surface area contributed by atoms with Crippen molar-refractivity contribution in [1.82, 2.24) is 4.90 Å². The Balaban J connectivity index is 1.74. The summed E-state index contributed by atoms with van der Waals surface area (Å²) in [5, 5.41) is 0. The van der Waals surface area contributed by atoms with Crippen LogP contribution >= 0.6 is 0 Å². The topological polar surface area (TPSA) is 40.6 Å². The number of likely N-dealkylation sites (tertiary alicyclic amines) is 1. The molecule has 1 heterocycles. The van der Waals surface area contributed by atoms with Crippen LogP contribution in [0, 0.1) is 12.8 Å². The molecular weight excluding hydrogens is 336 g/mol. The van der Waals surface area contributed by atoms with Gasteiger partial charge in [-0.3, -0.25) is 9.59 Å². The highest BCUT2D eigenvalue weighted by Gasteiger charge is 2.22. The Morgan fingerprint density at radius 1 is 1.04 bits per heavy atom. The van der Waals surface area contributed by atoms with Gasteiger partial charge in [0.05, 0.1) is 0 Å². The molecule has 1 aliphatic rings. The average molecular weight is 364 g/mol. The number of aryl methyl sites for hydroxylation is 1. The van der Waals surface area contributed by atoms with Crippen LogP contribution in [0.2, 0.25) is 0 Å². The molecule has 4 heteroatoms. The molecule has 27 heavy (non-hydrogen) atoms. The number of hydrogen-bond acceptors (Lipinski definition) is 2. The lowest BCUT2D eigenvalue weighted by Gasteiger charge is -2.30. The Morgan fingerprint density at radius 2 is 1.67 bits per heavy atom. The lowest BCUT2D eigenvalue weighted by atomic mass is 9.98. The third-order valence-corrected chi connectivity index (χ3v) is 5.32. The van der Waals surface area contributed by atoms with Gasteiger partial charge < -0.3 is 9.80 Å². The summed E-state index contributed by atoms with van der Waals surface area (Å²) in [4.78, 5) is 29.3. The molecule has 0 aromatic heterocycles. The lowest BCUT2D eigenvalue weighted by Crippen LogP contribution is -2.38. The van der Waals surface area contributed by atoms with E-state index in [1.54, 1.807) is 29.2 Å². The number of benzene rings is 2. The maximum Gasteiger partial charge on any atom is 0.258 e. The number of carbonyl (C=O) groups is 2. The van der Waals surface area contributed by atoms with Gasteiger partial charge in [0, 0.05) is 36.4 Å². The van der Waals surface area contributed by atoms with Gasteiger partial charge in [-0.2, -0.15) is 0 Å². The molecule has 0 N–H and O–H groups in total. The van der Waals surface area contributed by atoms with Crippen molar-refractivity contribution in [3.05, 3.63) is 65.2 Å². The number of hydrogen-bond donors (Lipinski definition) is 0. The van der Waals surface area contributed by atoms with Gasteiger partial charge in [0.1, 0.15) is 0 Å². The van der Waals surface area contributed by atoms with Crippen LogP contribution < -0.4 is 4.90 Å². The Hall–Kier alpha value is -2.62. The molecule has 2 amide bonds. The number of rotatable bonds is 4. The smallest absolute Gasteiger partial charge is 0.258 e. The first-order chi connectivity index (χ1) is 13.0. The van der Waals surface area contributed by atoms with Crippen molar-refractivity contribution in [2.45, 2.75) is 33.6 Å². The van der Waals surface area contributed by atoms with Gasteiger partial charge >= 0.3 is 0 Å². The predicted octanol–water partition coefficient (Wildman–Crippen LogP) is 4.53. The van der Waals surface area contributed by atoms with E-state index in [2.05, 4.69) is 6.92 Å². The van der Waals surface area contributed by atoms with E-state index >= 15 is 0 Å². The molecule has 0 unspecified atom stereocenters. The molecule has 142 valence electrons. The quantitative estimate of drug-likeness (QED) is 0.799. The lowest BCUT2D eigenvalue weighted by molar-refractivity contribution is 0.0697. The first-order valence-electron chi connectivity index (χ1n) is 9.77. The van der Waals surface area contributed by atoms with Gasteiger partial charge in [0.25, 0.3) is 11.8 Å². The standard InChI is InChI=1S/C23H28N2O2/c1-4-25(21-7-5-6-18(3)16-21)23(27)20-10-8-19(9-11-20)22(26)24-14-12-17(2)13-15-24/h5-11,16-17H,4,12-15H2,1-3H3. The first-order valence-corrected chi connectivity index (χ1v) is 9.77. The zero-order valence-corrected chi connectivity index (χ0v) is 16.4. The molecule has 0 radical (unpaired) electrons. The number of piperidine rings is 1. The summed E-state index contributed by atoms with van der Waals surface area (Å²) in [7, 11) is 0. The molecule has 0 aliphatic carbocycles. The van der Waals surface area contributed by atoms with E-state index in [1.165, 1.54) is 0 Å². The maximum absolute atomic E-state index is 12.9. The largest absolute Gasteiger partial charge is 0.339 e. The summed E-state index contributed by atoms with van der Waals surface area (Å²) in [6.45, 7) is 8.44. The average Bonchev–Trinajstić information content (AvgIpc) is 2.69. The molecular formula is C23H28N2O2. The molecule has 1 aliphatic heterocycles. The fourth-order valence-corrected chi connectivity index (χ4v) is 3.54. The second-order valence-electron chi connectivity index (χ2n) is 7.44. The molecule has 2 aromatic rings. The van der Waals surface area contributed by atoms with Gasteiger partial charge in [-0.15, -0.1) is 0 Å². The Morgan fingerprint density at radius 3 is 2.26 bits per heavy atom. The normalized spacial score (nSPS) is 14.9. The first kappa shape index (κ1) is 19.2. The summed E-state index contributed by atoms with van der Waals surface area (Å²) >= 11 is 0. The molecule has 0 saturated carbocycles. The van der Waals surface area contributed by atoms with Crippen LogP contribution in [-0.4, -0.2) is 36.3 Å². The summed E-state index contributed by atoms with van der Waals surface area (Å²) in [5.41, 5.74) is 3.27. The second-order valence-corrected chi connectivity index (χ2v) is 7.44. The summed E-state index contributed by atoms with van der Waals surface area (Å²) in [5.74, 6) is 0.705. The Labute approximate surface area is 161 Å². The monoisotopic (exact) mass is 364 g/mol. The van der Waals surface area contributed by atoms with Crippen LogP contribution in [-0.2, 0) is 0 Å². The number of nitrogens with zero attached hydrogens (tertiary/aromatic N) is 2. The van der Waals surface area contributed by atoms with Crippen molar-refractivity contribution in [2.24, 2.45) is 5.92 Å². The highest BCUT2D eigenvalue weighted by atomic mass is 16.2. The number of amides is 2. The van der Waals surface area contributed by atoms with E-state index in [0.29, 0.717) is 23.6 Å². The summed E-state index contributed by atoms with van der Waals surface area (Å²) in [6, 6.07) is 15.0. The van der Waals surface area contributed by atoms with E-state index in [-0.39, 0.29) is 11.8 Å². The Bertz CT molecular complexity index is 805. The molecule has 3 rings (SSSR count). The zero-order valence-electron chi connectivity index (χ0n) is 16.4. The van der Waals surface area contributed by atoms with Crippen LogP contribution in [0.25, 0.3) is 0 Å². The minimum atomic E-state index is -0.0473. The molecule has 2 aromatic carbocycles. The number of carbonyl (C=O) groups excluding carboxylic acids is 2. The fraction of sp³-hybridized carbons (Fsp3) is 0.391. The highest BCUT2D eigenvalue weighted by Crippen LogP contribution is 2.21. The van der Waals surface area contributed by atoms with Crippen molar-refractivity contribution >= 4 is 17.5 Å². The molecule has 0 spiro atoms. The molecule has 1 saturated heterocycles. The van der Waals surface area contributed by atoms with Crippen molar-refractivity contribution in [2.75, 3.05) is 24.5 Å². The SMILES string of the molecule is CCN(C(=O)c1ccc(C(=O)N2CCC(C)CC2)cc1)c1cccc(C)c1. The maximum atomic E-state index is 12.9. The van der Waals surface area contributed by atoms with Crippen LogP contribution in [0.15, 0.2) is 48.5 Å². The minimum Gasteiger partial charge on any atom is -0.339 e. The minimum absolute atomic E-state index is 0.0473.